The third kappa shape index (κ3) is 7.34. The molecule has 3 rings (SSSR count). The van der Waals surface area contributed by atoms with Gasteiger partial charge in [0, 0.05) is 17.9 Å². The smallest absolute Gasteiger partial charge is 0.247 e. The Balaban J connectivity index is 1.81. The molecule has 0 aliphatic heterocycles. The highest BCUT2D eigenvalue weighted by Crippen LogP contribution is 2.32. The zero-order valence-electron chi connectivity index (χ0n) is 20.9. The van der Waals surface area contributed by atoms with Crippen molar-refractivity contribution in [2.24, 2.45) is 0 Å². The summed E-state index contributed by atoms with van der Waals surface area (Å²) in [6.07, 6.45) is 3.51. The molecule has 36 heavy (non-hydrogen) atoms. The minimum absolute atomic E-state index is 0.300. The van der Waals surface area contributed by atoms with Crippen LogP contribution in [0.25, 0.3) is 0 Å². The summed E-state index contributed by atoms with van der Waals surface area (Å²) in [5, 5.41) is 9.52. The Labute approximate surface area is 216 Å². The van der Waals surface area contributed by atoms with Crippen molar-refractivity contribution in [2.45, 2.75) is 13.3 Å². The number of hydrogen-bond acceptors (Lipinski definition) is 8. The largest absolute Gasteiger partial charge is 0.495 e. The first-order chi connectivity index (χ1) is 17.3. The molecule has 0 aliphatic carbocycles. The van der Waals surface area contributed by atoms with Gasteiger partial charge in [0.2, 0.25) is 11.9 Å². The number of ether oxygens (including phenoxy) is 2. The summed E-state index contributed by atoms with van der Waals surface area (Å²) in [5.41, 5.74) is 3.07. The third-order valence-electron chi connectivity index (χ3n) is 5.16. The Bertz CT molecular complexity index is 1220. The summed E-state index contributed by atoms with van der Waals surface area (Å²) in [6, 6.07) is 11.0. The second-order valence-electron chi connectivity index (χ2n) is 8.07. The van der Waals surface area contributed by atoms with Crippen molar-refractivity contribution >= 4 is 46.3 Å². The van der Waals surface area contributed by atoms with Gasteiger partial charge in [0.25, 0.3) is 0 Å². The maximum absolute atomic E-state index is 11.7. The van der Waals surface area contributed by atoms with E-state index in [1.54, 1.807) is 25.3 Å². The first kappa shape index (κ1) is 26.8. The zero-order chi connectivity index (χ0) is 26.1. The molecule has 0 aliphatic rings. The number of halogens is 1. The molecule has 1 amide bonds. The summed E-state index contributed by atoms with van der Waals surface area (Å²) < 4.78 is 11.3. The van der Waals surface area contributed by atoms with E-state index in [-0.39, 0.29) is 5.91 Å². The van der Waals surface area contributed by atoms with Gasteiger partial charge in [-0.15, -0.1) is 0 Å². The van der Waals surface area contributed by atoms with Gasteiger partial charge in [-0.25, -0.2) is 4.98 Å². The first-order valence-corrected chi connectivity index (χ1v) is 11.8. The molecule has 3 N–H and O–H groups in total. The number of likely N-dealkylation sites (N-methyl/N-ethyl adjacent to an activating group) is 1. The highest BCUT2D eigenvalue weighted by atomic mass is 35.5. The normalized spacial score (nSPS) is 10.6. The van der Waals surface area contributed by atoms with E-state index in [0.29, 0.717) is 40.5 Å². The summed E-state index contributed by atoms with van der Waals surface area (Å²) >= 11 is 6.40. The summed E-state index contributed by atoms with van der Waals surface area (Å²) in [6.45, 7) is 6.99. The van der Waals surface area contributed by atoms with E-state index in [2.05, 4.69) is 44.3 Å². The van der Waals surface area contributed by atoms with Gasteiger partial charge in [0.05, 0.1) is 19.0 Å². The molecule has 0 spiro atoms. The quantitative estimate of drug-likeness (QED) is 0.284. The SMILES string of the molecule is C=CC(=O)Nc1ccc(OC)c(Nc2ncc(Cl)c(Nc3ccc(OCCN(C)C)cc3CC)n2)c1. The fraction of sp³-hybridized carbons (Fsp3) is 0.269. The number of anilines is 5. The van der Waals surface area contributed by atoms with Crippen LogP contribution in [-0.4, -0.2) is 55.1 Å². The average molecular weight is 511 g/mol. The molecule has 0 radical (unpaired) electrons. The molecule has 0 saturated carbocycles. The number of hydrogen-bond donors (Lipinski definition) is 3. The minimum atomic E-state index is -0.318. The molecule has 0 bridgehead atoms. The minimum Gasteiger partial charge on any atom is -0.495 e. The number of nitrogens with zero attached hydrogens (tertiary/aromatic N) is 3. The molecule has 3 aromatic rings. The van der Waals surface area contributed by atoms with Gasteiger partial charge in [-0.3, -0.25) is 4.79 Å². The average Bonchev–Trinajstić information content (AvgIpc) is 2.86. The molecule has 190 valence electrons. The monoisotopic (exact) mass is 510 g/mol. The van der Waals surface area contributed by atoms with Crippen molar-refractivity contribution in [3.05, 3.63) is 65.8 Å². The topological polar surface area (TPSA) is 101 Å². The Morgan fingerprint density at radius 3 is 2.67 bits per heavy atom. The second-order valence-corrected chi connectivity index (χ2v) is 8.48. The van der Waals surface area contributed by atoms with Crippen molar-refractivity contribution in [2.75, 3.05) is 50.3 Å². The van der Waals surface area contributed by atoms with E-state index in [1.165, 1.54) is 12.3 Å². The Kier molecular flexibility index (Phi) is 9.49. The van der Waals surface area contributed by atoms with Gasteiger partial charge in [-0.2, -0.15) is 4.98 Å². The van der Waals surface area contributed by atoms with Crippen molar-refractivity contribution in [3.63, 3.8) is 0 Å². The molecule has 2 aromatic carbocycles. The van der Waals surface area contributed by atoms with Crippen molar-refractivity contribution in [1.82, 2.24) is 14.9 Å². The fourth-order valence-electron chi connectivity index (χ4n) is 3.26. The predicted molar refractivity (Wildman–Crippen MR) is 145 cm³/mol. The predicted octanol–water partition coefficient (Wildman–Crippen LogP) is 5.25. The van der Waals surface area contributed by atoms with Crippen LogP contribution >= 0.6 is 11.6 Å². The van der Waals surface area contributed by atoms with Crippen LogP contribution in [0.4, 0.5) is 28.8 Å². The van der Waals surface area contributed by atoms with Gasteiger partial charge in [0.1, 0.15) is 23.1 Å². The standard InChI is InChI=1S/C26H31ClN6O3/c1-6-17-14-19(36-13-12-33(3)4)9-10-21(17)30-25-20(27)16-28-26(32-25)31-22-15-18(29-24(34)7-2)8-11-23(22)35-5/h7-11,14-16H,2,6,12-13H2,1,3-5H3,(H,29,34)(H2,28,30,31,32). The number of amides is 1. The highest BCUT2D eigenvalue weighted by molar-refractivity contribution is 6.32. The molecular formula is C26H31ClN6O3. The maximum Gasteiger partial charge on any atom is 0.247 e. The molecule has 1 heterocycles. The molecule has 1 aromatic heterocycles. The number of aromatic nitrogens is 2. The van der Waals surface area contributed by atoms with Crippen molar-refractivity contribution in [3.8, 4) is 11.5 Å². The van der Waals surface area contributed by atoms with E-state index in [1.807, 2.05) is 32.3 Å². The Hall–Kier alpha value is -3.82. The lowest BCUT2D eigenvalue weighted by atomic mass is 10.1. The van der Waals surface area contributed by atoms with Gasteiger partial charge in [-0.1, -0.05) is 25.1 Å². The van der Waals surface area contributed by atoms with Gasteiger partial charge in [0.15, 0.2) is 5.82 Å². The number of benzene rings is 2. The van der Waals surface area contributed by atoms with Crippen LogP contribution in [0.15, 0.2) is 55.3 Å². The van der Waals surface area contributed by atoms with E-state index < -0.39 is 0 Å². The fourth-order valence-corrected chi connectivity index (χ4v) is 3.40. The lowest BCUT2D eigenvalue weighted by molar-refractivity contribution is -0.111. The van der Waals surface area contributed by atoms with Crippen LogP contribution in [0.3, 0.4) is 0 Å². The van der Waals surface area contributed by atoms with Crippen LogP contribution in [0, 0.1) is 0 Å². The number of carbonyl (C=O) groups excluding carboxylic acids is 1. The number of methoxy groups -OCH3 is 1. The van der Waals surface area contributed by atoms with Gasteiger partial charge >= 0.3 is 0 Å². The van der Waals surface area contributed by atoms with Crippen LogP contribution in [0.2, 0.25) is 5.02 Å². The van der Waals surface area contributed by atoms with Gasteiger partial charge < -0.3 is 30.3 Å². The molecular weight excluding hydrogens is 480 g/mol. The Morgan fingerprint density at radius 2 is 1.97 bits per heavy atom. The number of carbonyl (C=O) groups is 1. The van der Waals surface area contributed by atoms with E-state index in [4.69, 9.17) is 21.1 Å². The summed E-state index contributed by atoms with van der Waals surface area (Å²) in [7, 11) is 5.57. The number of rotatable bonds is 12. The maximum atomic E-state index is 11.7. The zero-order valence-corrected chi connectivity index (χ0v) is 21.6. The first-order valence-electron chi connectivity index (χ1n) is 11.4. The van der Waals surface area contributed by atoms with Crippen LogP contribution < -0.4 is 25.4 Å². The van der Waals surface area contributed by atoms with E-state index in [0.717, 1.165) is 30.0 Å². The molecule has 0 atom stereocenters. The molecule has 9 nitrogen and oxygen atoms in total. The van der Waals surface area contributed by atoms with Crippen LogP contribution in [0.1, 0.15) is 12.5 Å². The molecule has 0 saturated heterocycles. The second kappa shape index (κ2) is 12.8. The Morgan fingerprint density at radius 1 is 1.17 bits per heavy atom. The van der Waals surface area contributed by atoms with E-state index in [9.17, 15) is 4.79 Å². The molecule has 0 unspecified atom stereocenters. The lowest BCUT2D eigenvalue weighted by Crippen LogP contribution is -2.19. The number of nitrogens with one attached hydrogen (secondary N) is 3. The van der Waals surface area contributed by atoms with Crippen molar-refractivity contribution < 1.29 is 14.3 Å². The van der Waals surface area contributed by atoms with Crippen molar-refractivity contribution in [1.29, 1.82) is 0 Å². The van der Waals surface area contributed by atoms with Crippen LogP contribution in [0.5, 0.6) is 11.5 Å². The molecule has 0 fully saturated rings. The number of aryl methyl sites for hydroxylation is 1. The summed E-state index contributed by atoms with van der Waals surface area (Å²) in [5.74, 6) is 1.79. The molecule has 10 heteroatoms. The van der Waals surface area contributed by atoms with Gasteiger partial charge in [-0.05, 0) is 68.6 Å². The third-order valence-corrected chi connectivity index (χ3v) is 5.44. The highest BCUT2D eigenvalue weighted by Gasteiger charge is 2.12. The van der Waals surface area contributed by atoms with E-state index >= 15 is 0 Å². The lowest BCUT2D eigenvalue weighted by Gasteiger charge is -2.16. The summed E-state index contributed by atoms with van der Waals surface area (Å²) in [4.78, 5) is 22.6. The van der Waals surface area contributed by atoms with Crippen LogP contribution in [-0.2, 0) is 11.2 Å².